The van der Waals surface area contributed by atoms with Crippen molar-refractivity contribution in [2.45, 2.75) is 0 Å². The molecule has 1 aliphatic rings. The van der Waals surface area contributed by atoms with Crippen molar-refractivity contribution in [3.8, 4) is 5.75 Å². The quantitative estimate of drug-likeness (QED) is 0.675. The molecule has 98 valence electrons. The third-order valence-corrected chi connectivity index (χ3v) is 3.68. The van der Waals surface area contributed by atoms with Gasteiger partial charge in [-0.25, -0.2) is 0 Å². The zero-order chi connectivity index (χ0) is 13.8. The summed E-state index contributed by atoms with van der Waals surface area (Å²) in [6, 6.07) is 5.42. The molecule has 1 aliphatic heterocycles. The SMILES string of the molecule is C=CCOc1ccc(/C=C2\SC(=O)NC2=O)cc1Br. The van der Waals surface area contributed by atoms with Crippen LogP contribution in [0.15, 0.2) is 40.2 Å². The number of ether oxygens (including phenoxy) is 1. The molecule has 1 saturated heterocycles. The van der Waals surface area contributed by atoms with Crippen molar-refractivity contribution in [3.05, 3.63) is 45.8 Å². The molecule has 1 fully saturated rings. The van der Waals surface area contributed by atoms with Crippen LogP contribution in [0.25, 0.3) is 6.08 Å². The minimum atomic E-state index is -0.363. The third-order valence-electron chi connectivity index (χ3n) is 2.25. The highest BCUT2D eigenvalue weighted by atomic mass is 79.9. The van der Waals surface area contributed by atoms with Crippen LogP contribution in [0.5, 0.6) is 5.75 Å². The molecule has 0 atom stereocenters. The van der Waals surface area contributed by atoms with E-state index in [0.717, 1.165) is 21.8 Å². The van der Waals surface area contributed by atoms with E-state index in [1.165, 1.54) is 0 Å². The Morgan fingerprint density at radius 2 is 2.21 bits per heavy atom. The average Bonchev–Trinajstić information content (AvgIpc) is 2.67. The lowest BCUT2D eigenvalue weighted by Crippen LogP contribution is -2.17. The van der Waals surface area contributed by atoms with Crippen LogP contribution >= 0.6 is 27.7 Å². The van der Waals surface area contributed by atoms with Gasteiger partial charge in [0.05, 0.1) is 9.38 Å². The fourth-order valence-corrected chi connectivity index (χ4v) is 2.64. The van der Waals surface area contributed by atoms with E-state index in [4.69, 9.17) is 4.74 Å². The highest BCUT2D eigenvalue weighted by Crippen LogP contribution is 2.30. The van der Waals surface area contributed by atoms with Crippen molar-refractivity contribution in [1.82, 2.24) is 5.32 Å². The fraction of sp³-hybridized carbons (Fsp3) is 0.0769. The number of amides is 2. The van der Waals surface area contributed by atoms with Crippen LogP contribution in [0.4, 0.5) is 4.79 Å². The fourth-order valence-electron chi connectivity index (χ4n) is 1.45. The first-order chi connectivity index (χ1) is 9.10. The summed E-state index contributed by atoms with van der Waals surface area (Å²) in [7, 11) is 0. The van der Waals surface area contributed by atoms with Crippen molar-refractivity contribution >= 4 is 44.9 Å². The van der Waals surface area contributed by atoms with Gasteiger partial charge >= 0.3 is 0 Å². The number of halogens is 1. The molecule has 2 amide bonds. The number of carbonyl (C=O) groups is 2. The zero-order valence-corrected chi connectivity index (χ0v) is 12.2. The van der Waals surface area contributed by atoms with Gasteiger partial charge in [-0.15, -0.1) is 0 Å². The smallest absolute Gasteiger partial charge is 0.290 e. The van der Waals surface area contributed by atoms with E-state index in [-0.39, 0.29) is 11.1 Å². The molecular formula is C13H10BrNO3S. The van der Waals surface area contributed by atoms with E-state index in [9.17, 15) is 9.59 Å². The first-order valence-electron chi connectivity index (χ1n) is 5.38. The Hall–Kier alpha value is -1.53. The lowest BCUT2D eigenvalue weighted by atomic mass is 10.2. The molecular weight excluding hydrogens is 330 g/mol. The Kier molecular flexibility index (Phi) is 4.44. The highest BCUT2D eigenvalue weighted by molar-refractivity contribution is 9.10. The monoisotopic (exact) mass is 339 g/mol. The van der Waals surface area contributed by atoms with E-state index in [1.807, 2.05) is 12.1 Å². The normalized spacial score (nSPS) is 16.6. The Balaban J connectivity index is 2.20. The Labute approximate surface area is 123 Å². The van der Waals surface area contributed by atoms with Crippen LogP contribution in [0.2, 0.25) is 0 Å². The van der Waals surface area contributed by atoms with E-state index in [0.29, 0.717) is 17.3 Å². The third kappa shape index (κ3) is 3.48. The standard InChI is InChI=1S/C13H10BrNO3S/c1-2-5-18-10-4-3-8(6-9(10)14)7-11-12(16)15-13(17)19-11/h2-4,6-7H,1,5H2,(H,15,16,17)/b11-7-. The predicted octanol–water partition coefficient (Wildman–Crippen LogP) is 3.34. The van der Waals surface area contributed by atoms with Gasteiger partial charge in [0, 0.05) is 0 Å². The predicted molar refractivity (Wildman–Crippen MR) is 78.9 cm³/mol. The molecule has 0 bridgehead atoms. The van der Waals surface area contributed by atoms with Gasteiger partial charge in [-0.05, 0) is 51.5 Å². The number of rotatable bonds is 4. The molecule has 0 radical (unpaired) electrons. The molecule has 2 rings (SSSR count). The summed E-state index contributed by atoms with van der Waals surface area (Å²) in [6.45, 7) is 4.00. The van der Waals surface area contributed by atoms with Crippen LogP contribution in [0, 0.1) is 0 Å². The van der Waals surface area contributed by atoms with Crippen molar-refractivity contribution < 1.29 is 14.3 Å². The summed E-state index contributed by atoms with van der Waals surface area (Å²) in [4.78, 5) is 22.8. The van der Waals surface area contributed by atoms with Crippen molar-refractivity contribution in [2.75, 3.05) is 6.61 Å². The highest BCUT2D eigenvalue weighted by Gasteiger charge is 2.24. The van der Waals surface area contributed by atoms with Gasteiger partial charge < -0.3 is 4.74 Å². The van der Waals surface area contributed by atoms with Gasteiger partial charge in [0.15, 0.2) is 0 Å². The van der Waals surface area contributed by atoms with Crippen LogP contribution in [0.3, 0.4) is 0 Å². The maximum absolute atomic E-state index is 11.4. The van der Waals surface area contributed by atoms with E-state index >= 15 is 0 Å². The first-order valence-corrected chi connectivity index (χ1v) is 6.99. The molecule has 0 saturated carbocycles. The van der Waals surface area contributed by atoms with Gasteiger partial charge in [-0.2, -0.15) is 0 Å². The van der Waals surface area contributed by atoms with Crippen LogP contribution < -0.4 is 10.1 Å². The lowest BCUT2D eigenvalue weighted by Gasteiger charge is -2.06. The molecule has 4 nitrogen and oxygen atoms in total. The summed E-state index contributed by atoms with van der Waals surface area (Å²) in [5.41, 5.74) is 0.810. The molecule has 1 aromatic carbocycles. The van der Waals surface area contributed by atoms with E-state index in [2.05, 4.69) is 27.8 Å². The Bertz CT molecular complexity index is 583. The number of imide groups is 1. The maximum Gasteiger partial charge on any atom is 0.290 e. The summed E-state index contributed by atoms with van der Waals surface area (Å²) in [5.74, 6) is 0.333. The average molecular weight is 340 g/mol. The largest absolute Gasteiger partial charge is 0.488 e. The molecule has 0 aromatic heterocycles. The van der Waals surface area contributed by atoms with Gasteiger partial charge in [-0.1, -0.05) is 18.7 Å². The number of nitrogens with one attached hydrogen (secondary N) is 1. The molecule has 19 heavy (non-hydrogen) atoms. The lowest BCUT2D eigenvalue weighted by molar-refractivity contribution is -0.115. The van der Waals surface area contributed by atoms with E-state index in [1.54, 1.807) is 18.2 Å². The molecule has 6 heteroatoms. The summed E-state index contributed by atoms with van der Waals surface area (Å²) >= 11 is 4.28. The van der Waals surface area contributed by atoms with E-state index < -0.39 is 0 Å². The minimum Gasteiger partial charge on any atom is -0.488 e. The summed E-state index contributed by atoms with van der Waals surface area (Å²) in [6.07, 6.45) is 3.32. The van der Waals surface area contributed by atoms with Crippen molar-refractivity contribution in [3.63, 3.8) is 0 Å². The molecule has 0 aliphatic carbocycles. The number of benzene rings is 1. The second kappa shape index (κ2) is 6.08. The summed E-state index contributed by atoms with van der Waals surface area (Å²) < 4.78 is 6.20. The Morgan fingerprint density at radius 1 is 1.42 bits per heavy atom. The topological polar surface area (TPSA) is 55.4 Å². The number of carbonyl (C=O) groups excluding carboxylic acids is 2. The molecule has 1 aromatic rings. The van der Waals surface area contributed by atoms with Gasteiger partial charge in [0.1, 0.15) is 12.4 Å². The number of hydrogen-bond acceptors (Lipinski definition) is 4. The molecule has 1 heterocycles. The van der Waals surface area contributed by atoms with Crippen LogP contribution in [0.1, 0.15) is 5.56 Å². The van der Waals surface area contributed by atoms with Gasteiger partial charge in [0.2, 0.25) is 0 Å². The summed E-state index contributed by atoms with van der Waals surface area (Å²) in [5, 5.41) is 1.86. The van der Waals surface area contributed by atoms with Gasteiger partial charge in [0.25, 0.3) is 11.1 Å². The number of hydrogen-bond donors (Lipinski definition) is 1. The Morgan fingerprint density at radius 3 is 2.79 bits per heavy atom. The van der Waals surface area contributed by atoms with Crippen LogP contribution in [-0.2, 0) is 4.79 Å². The maximum atomic E-state index is 11.4. The van der Waals surface area contributed by atoms with Crippen LogP contribution in [-0.4, -0.2) is 17.8 Å². The van der Waals surface area contributed by atoms with Crippen molar-refractivity contribution in [2.24, 2.45) is 0 Å². The minimum absolute atomic E-state index is 0.346. The van der Waals surface area contributed by atoms with Crippen molar-refractivity contribution in [1.29, 1.82) is 0 Å². The molecule has 0 unspecified atom stereocenters. The van der Waals surface area contributed by atoms with Gasteiger partial charge in [-0.3, -0.25) is 14.9 Å². The molecule has 1 N–H and O–H groups in total. The zero-order valence-electron chi connectivity index (χ0n) is 9.81. The number of thioether (sulfide) groups is 1. The first kappa shape index (κ1) is 13.9. The second-order valence-corrected chi connectivity index (χ2v) is 5.51. The molecule has 0 spiro atoms. The second-order valence-electron chi connectivity index (χ2n) is 3.64.